The first kappa shape index (κ1) is 17.4. The first-order valence-corrected chi connectivity index (χ1v) is 8.88. The van der Waals surface area contributed by atoms with E-state index in [1.54, 1.807) is 18.6 Å². The Morgan fingerprint density at radius 3 is 2.57 bits per heavy atom. The van der Waals surface area contributed by atoms with Crippen LogP contribution in [0.3, 0.4) is 0 Å². The number of nitriles is 1. The van der Waals surface area contributed by atoms with E-state index in [2.05, 4.69) is 28.2 Å². The largest absolute Gasteiger partial charge is 0.267 e. The number of nitrogens with zero attached hydrogens (tertiary/aromatic N) is 5. The molecule has 0 bridgehead atoms. The molecule has 5 nitrogen and oxygen atoms in total. The summed E-state index contributed by atoms with van der Waals surface area (Å²) in [5.41, 5.74) is 4.82. The van der Waals surface area contributed by atoms with Gasteiger partial charge in [0.1, 0.15) is 11.8 Å². The molecule has 3 aromatic heterocycles. The van der Waals surface area contributed by atoms with Gasteiger partial charge in [0.2, 0.25) is 0 Å². The number of pyridine rings is 2. The second-order valence-corrected chi connectivity index (χ2v) is 6.24. The van der Waals surface area contributed by atoms with E-state index in [1.165, 1.54) is 0 Å². The van der Waals surface area contributed by atoms with Crippen molar-refractivity contribution in [2.45, 2.75) is 6.54 Å². The van der Waals surface area contributed by atoms with E-state index in [-0.39, 0.29) is 0 Å². The smallest absolute Gasteiger partial charge is 0.101 e. The van der Waals surface area contributed by atoms with Crippen LogP contribution in [-0.4, -0.2) is 19.7 Å². The van der Waals surface area contributed by atoms with Crippen molar-refractivity contribution in [1.82, 2.24) is 19.7 Å². The molecule has 5 heteroatoms. The van der Waals surface area contributed by atoms with Gasteiger partial charge in [-0.1, -0.05) is 36.4 Å². The van der Waals surface area contributed by atoms with E-state index in [1.807, 2.05) is 65.5 Å². The molecule has 4 aromatic rings. The van der Waals surface area contributed by atoms with E-state index in [0.717, 1.165) is 22.4 Å². The molecule has 0 radical (unpaired) electrons. The maximum atomic E-state index is 9.65. The number of aromatic nitrogens is 4. The molecule has 0 aliphatic rings. The summed E-state index contributed by atoms with van der Waals surface area (Å²) >= 11 is 0. The molecule has 1 aromatic carbocycles. The van der Waals surface area contributed by atoms with Gasteiger partial charge in [0.15, 0.2) is 0 Å². The monoisotopic (exact) mass is 363 g/mol. The fourth-order valence-electron chi connectivity index (χ4n) is 2.96. The minimum Gasteiger partial charge on any atom is -0.267 e. The van der Waals surface area contributed by atoms with Crippen LogP contribution in [0.5, 0.6) is 0 Å². The molecule has 0 aliphatic heterocycles. The molecule has 3 heterocycles. The van der Waals surface area contributed by atoms with Crippen molar-refractivity contribution in [1.29, 1.82) is 5.26 Å². The summed E-state index contributed by atoms with van der Waals surface area (Å²) in [7, 11) is 0. The predicted molar refractivity (Wildman–Crippen MR) is 109 cm³/mol. The van der Waals surface area contributed by atoms with Crippen LogP contribution in [0.2, 0.25) is 0 Å². The van der Waals surface area contributed by atoms with Gasteiger partial charge < -0.3 is 0 Å². The van der Waals surface area contributed by atoms with Gasteiger partial charge in [0.25, 0.3) is 0 Å². The Balaban J connectivity index is 1.78. The highest BCUT2D eigenvalue weighted by atomic mass is 15.3. The normalized spacial score (nSPS) is 11.2. The Labute approximate surface area is 163 Å². The van der Waals surface area contributed by atoms with Crippen LogP contribution in [-0.2, 0) is 6.54 Å². The van der Waals surface area contributed by atoms with Gasteiger partial charge in [-0.2, -0.15) is 10.4 Å². The summed E-state index contributed by atoms with van der Waals surface area (Å²) in [6.07, 6.45) is 8.98. The van der Waals surface area contributed by atoms with Crippen LogP contribution in [0.4, 0.5) is 0 Å². The van der Waals surface area contributed by atoms with Crippen LogP contribution in [0.25, 0.3) is 22.9 Å². The highest BCUT2D eigenvalue weighted by molar-refractivity contribution is 5.91. The third-order valence-corrected chi connectivity index (χ3v) is 4.27. The highest BCUT2D eigenvalue weighted by Gasteiger charge is 2.12. The molecule has 4 rings (SSSR count). The lowest BCUT2D eigenvalue weighted by molar-refractivity contribution is 0.689. The lowest BCUT2D eigenvalue weighted by Crippen LogP contribution is -2.00. The quantitative estimate of drug-likeness (QED) is 0.491. The van der Waals surface area contributed by atoms with Crippen molar-refractivity contribution in [2.75, 3.05) is 0 Å². The minimum atomic E-state index is 0.491. The Morgan fingerprint density at radius 2 is 1.86 bits per heavy atom. The lowest BCUT2D eigenvalue weighted by Gasteiger charge is -2.01. The van der Waals surface area contributed by atoms with Crippen LogP contribution < -0.4 is 0 Å². The number of benzene rings is 1. The average Bonchev–Trinajstić information content (AvgIpc) is 3.16. The Bertz CT molecular complexity index is 1120. The summed E-state index contributed by atoms with van der Waals surface area (Å²) < 4.78 is 1.89. The first-order chi connectivity index (χ1) is 13.8. The van der Waals surface area contributed by atoms with Crippen LogP contribution in [0, 0.1) is 11.3 Å². The average molecular weight is 363 g/mol. The number of hydrogen-bond acceptors (Lipinski definition) is 4. The second-order valence-electron chi connectivity index (χ2n) is 6.24. The van der Waals surface area contributed by atoms with Crippen molar-refractivity contribution in [3.05, 3.63) is 102 Å². The predicted octanol–water partition coefficient (Wildman–Crippen LogP) is 4.45. The maximum Gasteiger partial charge on any atom is 0.101 e. The fraction of sp³-hybridized carbons (Fsp3) is 0.0435. The third-order valence-electron chi connectivity index (χ3n) is 4.27. The lowest BCUT2D eigenvalue weighted by atomic mass is 10.1. The van der Waals surface area contributed by atoms with Gasteiger partial charge in [-0.05, 0) is 35.9 Å². The van der Waals surface area contributed by atoms with Crippen LogP contribution in [0.15, 0.2) is 85.5 Å². The summed E-state index contributed by atoms with van der Waals surface area (Å²) in [6, 6.07) is 21.8. The summed E-state index contributed by atoms with van der Waals surface area (Å²) in [5.74, 6) is 0. The molecule has 0 atom stereocenters. The molecule has 0 spiro atoms. The molecule has 0 fully saturated rings. The van der Waals surface area contributed by atoms with Gasteiger partial charge in [-0.25, -0.2) is 0 Å². The Kier molecular flexibility index (Phi) is 5.03. The summed E-state index contributed by atoms with van der Waals surface area (Å²) in [6.45, 7) is 0.646. The summed E-state index contributed by atoms with van der Waals surface area (Å²) in [5, 5.41) is 14.4. The second kappa shape index (κ2) is 8.11. The standard InChI is InChI=1S/C23H17N5/c24-14-20(22-10-4-5-12-26-22)13-21-17-28(16-18-7-2-1-3-8-18)27-23(21)19-9-6-11-25-15-19/h1-13,15,17H,16H2/b20-13+. The highest BCUT2D eigenvalue weighted by Crippen LogP contribution is 2.26. The van der Waals surface area contributed by atoms with Gasteiger partial charge >= 0.3 is 0 Å². The summed E-state index contributed by atoms with van der Waals surface area (Å²) in [4.78, 5) is 8.50. The third kappa shape index (κ3) is 3.87. The molecule has 0 unspecified atom stereocenters. The molecule has 0 N–H and O–H groups in total. The SMILES string of the molecule is N#C/C(=C\c1cn(Cc2ccccc2)nc1-c1cccnc1)c1ccccn1. The number of rotatable bonds is 5. The van der Waals surface area contributed by atoms with Crippen LogP contribution >= 0.6 is 0 Å². The van der Waals surface area contributed by atoms with E-state index in [0.29, 0.717) is 17.8 Å². The van der Waals surface area contributed by atoms with Gasteiger partial charge in [-0.15, -0.1) is 0 Å². The zero-order valence-corrected chi connectivity index (χ0v) is 15.1. The van der Waals surface area contributed by atoms with E-state index in [4.69, 9.17) is 5.10 Å². The molecule has 0 aliphatic carbocycles. The van der Waals surface area contributed by atoms with Crippen LogP contribution in [0.1, 0.15) is 16.8 Å². The maximum absolute atomic E-state index is 9.65. The zero-order valence-electron chi connectivity index (χ0n) is 15.1. The minimum absolute atomic E-state index is 0.491. The Hall–Kier alpha value is -4.04. The zero-order chi connectivity index (χ0) is 19.2. The molecule has 0 saturated heterocycles. The molecule has 0 amide bonds. The van der Waals surface area contributed by atoms with Gasteiger partial charge in [0.05, 0.1) is 17.8 Å². The first-order valence-electron chi connectivity index (χ1n) is 8.88. The molecular formula is C23H17N5. The molecule has 0 saturated carbocycles. The van der Waals surface area contributed by atoms with Crippen molar-refractivity contribution in [2.24, 2.45) is 0 Å². The molecule has 134 valence electrons. The van der Waals surface area contributed by atoms with Gasteiger partial charge in [0, 0.05) is 35.9 Å². The van der Waals surface area contributed by atoms with E-state index >= 15 is 0 Å². The molecular weight excluding hydrogens is 346 g/mol. The fourth-order valence-corrected chi connectivity index (χ4v) is 2.96. The Morgan fingerprint density at radius 1 is 1.00 bits per heavy atom. The van der Waals surface area contributed by atoms with E-state index < -0.39 is 0 Å². The van der Waals surface area contributed by atoms with Crippen molar-refractivity contribution in [3.8, 4) is 17.3 Å². The number of allylic oxidation sites excluding steroid dienone is 1. The topological polar surface area (TPSA) is 67.4 Å². The van der Waals surface area contributed by atoms with Crippen molar-refractivity contribution < 1.29 is 0 Å². The van der Waals surface area contributed by atoms with Crippen molar-refractivity contribution in [3.63, 3.8) is 0 Å². The number of hydrogen-bond donors (Lipinski definition) is 0. The van der Waals surface area contributed by atoms with Gasteiger partial charge in [-0.3, -0.25) is 14.6 Å². The molecule has 28 heavy (non-hydrogen) atoms. The van der Waals surface area contributed by atoms with E-state index in [9.17, 15) is 5.26 Å². The van der Waals surface area contributed by atoms with Crippen molar-refractivity contribution >= 4 is 11.6 Å².